The Bertz CT molecular complexity index is 265. The second kappa shape index (κ2) is 3.72. The zero-order valence-electron chi connectivity index (χ0n) is 8.84. The van der Waals surface area contributed by atoms with Crippen molar-refractivity contribution < 1.29 is 18.3 Å². The van der Waals surface area contributed by atoms with E-state index in [4.69, 9.17) is 4.74 Å². The number of carbonyl (C=O) groups excluding carboxylic acids is 1. The zero-order valence-corrected chi connectivity index (χ0v) is 8.84. The first-order valence-electron chi connectivity index (χ1n) is 5.59. The number of ether oxygens (including phenoxy) is 1. The Morgan fingerprint density at radius 1 is 1.47 bits per heavy atom. The third kappa shape index (κ3) is 1.86. The van der Waals surface area contributed by atoms with E-state index in [-0.39, 0.29) is 24.2 Å². The summed E-state index contributed by atoms with van der Waals surface area (Å²) in [7, 11) is 0. The molecule has 3 rings (SSSR count). The number of esters is 1. The van der Waals surface area contributed by atoms with Crippen molar-refractivity contribution in [3.63, 3.8) is 0 Å². The number of hydrogen-bond donors (Lipinski definition) is 0. The number of rotatable bonds is 2. The molecule has 0 unspecified atom stereocenters. The highest BCUT2D eigenvalue weighted by Crippen LogP contribution is 2.53. The second-order valence-electron chi connectivity index (χ2n) is 4.59. The van der Waals surface area contributed by atoms with Crippen LogP contribution in [0, 0.1) is 17.8 Å². The minimum atomic E-state index is -2.55. The third-order valence-electron chi connectivity index (χ3n) is 3.71. The lowest BCUT2D eigenvalue weighted by Gasteiger charge is -2.45. The number of carbonyl (C=O) groups is 1. The zero-order chi connectivity index (χ0) is 11.1. The number of alkyl halides is 2. The molecular weight excluding hydrogens is 202 g/mol. The molecule has 0 amide bonds. The van der Waals surface area contributed by atoms with Crippen LogP contribution < -0.4 is 0 Å². The van der Waals surface area contributed by atoms with Gasteiger partial charge in [0.05, 0.1) is 12.5 Å². The van der Waals surface area contributed by atoms with Gasteiger partial charge in [0.15, 0.2) is 0 Å². The molecule has 0 aromatic heterocycles. The molecule has 86 valence electrons. The summed E-state index contributed by atoms with van der Waals surface area (Å²) in [6.45, 7) is 2.08. The Morgan fingerprint density at radius 3 is 2.67 bits per heavy atom. The van der Waals surface area contributed by atoms with Crippen molar-refractivity contribution in [2.75, 3.05) is 6.61 Å². The van der Waals surface area contributed by atoms with E-state index in [9.17, 15) is 13.6 Å². The molecule has 3 fully saturated rings. The quantitative estimate of drug-likeness (QED) is 0.666. The first-order valence-corrected chi connectivity index (χ1v) is 5.59. The second-order valence-corrected chi connectivity index (χ2v) is 4.59. The SMILES string of the molecule is CCOC(=O)[C@@H]1C[C@@H]2CC[C@H]1CC2(F)F. The summed E-state index contributed by atoms with van der Waals surface area (Å²) in [5, 5.41) is 0. The summed E-state index contributed by atoms with van der Waals surface area (Å²) in [4.78, 5) is 11.5. The standard InChI is InChI=1S/C11H16F2O2/c1-2-15-10(14)9-5-8-4-3-7(9)6-11(8,12)13/h7-9H,2-6H2,1H3/t7-,8-,9+/m0/s1. The van der Waals surface area contributed by atoms with Crippen molar-refractivity contribution in [3.8, 4) is 0 Å². The first-order chi connectivity index (χ1) is 7.04. The lowest BCUT2D eigenvalue weighted by molar-refractivity contribution is -0.175. The van der Waals surface area contributed by atoms with Crippen molar-refractivity contribution in [3.05, 3.63) is 0 Å². The van der Waals surface area contributed by atoms with Gasteiger partial charge in [0, 0.05) is 12.3 Å². The molecule has 3 aliphatic carbocycles. The molecule has 0 radical (unpaired) electrons. The average molecular weight is 218 g/mol. The summed E-state index contributed by atoms with van der Waals surface area (Å²) in [5.74, 6) is -3.86. The van der Waals surface area contributed by atoms with Crippen LogP contribution in [0.15, 0.2) is 0 Å². The third-order valence-corrected chi connectivity index (χ3v) is 3.71. The molecule has 2 nitrogen and oxygen atoms in total. The molecule has 0 heterocycles. The van der Waals surface area contributed by atoms with Gasteiger partial charge in [-0.1, -0.05) is 0 Å². The van der Waals surface area contributed by atoms with Crippen LogP contribution in [0.2, 0.25) is 0 Å². The minimum Gasteiger partial charge on any atom is -0.466 e. The van der Waals surface area contributed by atoms with E-state index in [0.29, 0.717) is 19.4 Å². The van der Waals surface area contributed by atoms with Crippen molar-refractivity contribution in [1.29, 1.82) is 0 Å². The molecule has 0 N–H and O–H groups in total. The van der Waals surface area contributed by atoms with Gasteiger partial charge in [-0.25, -0.2) is 8.78 Å². The molecule has 0 aromatic rings. The first kappa shape index (κ1) is 10.8. The molecule has 0 aliphatic heterocycles. The average Bonchev–Trinajstić information content (AvgIpc) is 2.17. The topological polar surface area (TPSA) is 26.3 Å². The minimum absolute atomic E-state index is 0.124. The van der Waals surface area contributed by atoms with Crippen LogP contribution in [0.25, 0.3) is 0 Å². The molecule has 0 saturated heterocycles. The van der Waals surface area contributed by atoms with Crippen LogP contribution in [-0.4, -0.2) is 18.5 Å². The summed E-state index contributed by atoms with van der Waals surface area (Å²) >= 11 is 0. The van der Waals surface area contributed by atoms with Gasteiger partial charge in [-0.3, -0.25) is 4.79 Å². The Morgan fingerprint density at radius 2 is 2.20 bits per heavy atom. The molecule has 0 aromatic carbocycles. The fourth-order valence-corrected chi connectivity index (χ4v) is 2.92. The van der Waals surface area contributed by atoms with Gasteiger partial charge in [-0.2, -0.15) is 0 Å². The smallest absolute Gasteiger partial charge is 0.309 e. The van der Waals surface area contributed by atoms with E-state index in [1.54, 1.807) is 6.92 Å². The predicted molar refractivity (Wildman–Crippen MR) is 50.5 cm³/mol. The van der Waals surface area contributed by atoms with Crippen LogP contribution in [0.1, 0.15) is 32.6 Å². The molecule has 3 saturated carbocycles. The monoisotopic (exact) mass is 218 g/mol. The maximum atomic E-state index is 13.4. The lowest BCUT2D eigenvalue weighted by atomic mass is 9.63. The van der Waals surface area contributed by atoms with Crippen LogP contribution in [-0.2, 0) is 9.53 Å². The van der Waals surface area contributed by atoms with Crippen LogP contribution >= 0.6 is 0 Å². The van der Waals surface area contributed by atoms with Gasteiger partial charge in [0.1, 0.15) is 0 Å². The maximum absolute atomic E-state index is 13.4. The Labute approximate surface area is 88.0 Å². The highest BCUT2D eigenvalue weighted by atomic mass is 19.3. The normalized spacial score (nSPS) is 37.7. The van der Waals surface area contributed by atoms with Crippen molar-refractivity contribution >= 4 is 5.97 Å². The van der Waals surface area contributed by atoms with Crippen molar-refractivity contribution in [2.45, 2.75) is 38.5 Å². The Balaban J connectivity index is 2.05. The van der Waals surface area contributed by atoms with Crippen molar-refractivity contribution in [1.82, 2.24) is 0 Å². The lowest BCUT2D eigenvalue weighted by Crippen LogP contribution is -2.47. The number of fused-ring (bicyclic) bond motifs is 3. The number of hydrogen-bond acceptors (Lipinski definition) is 2. The van der Waals surface area contributed by atoms with Gasteiger partial charge in [0.25, 0.3) is 5.92 Å². The van der Waals surface area contributed by atoms with E-state index in [1.807, 2.05) is 0 Å². The van der Waals surface area contributed by atoms with Gasteiger partial charge in [-0.05, 0) is 32.1 Å². The van der Waals surface area contributed by atoms with Crippen LogP contribution in [0.5, 0.6) is 0 Å². The Hall–Kier alpha value is -0.670. The van der Waals surface area contributed by atoms with E-state index in [0.717, 1.165) is 6.42 Å². The van der Waals surface area contributed by atoms with Gasteiger partial charge in [-0.15, -0.1) is 0 Å². The highest BCUT2D eigenvalue weighted by molar-refractivity contribution is 5.73. The van der Waals surface area contributed by atoms with Crippen LogP contribution in [0.3, 0.4) is 0 Å². The van der Waals surface area contributed by atoms with E-state index in [2.05, 4.69) is 0 Å². The van der Waals surface area contributed by atoms with E-state index >= 15 is 0 Å². The summed E-state index contributed by atoms with van der Waals surface area (Å²) in [6, 6.07) is 0. The molecule has 3 atom stereocenters. The Kier molecular flexibility index (Phi) is 2.69. The molecular formula is C11H16F2O2. The summed E-state index contributed by atoms with van der Waals surface area (Å²) < 4.78 is 31.7. The molecule has 4 heteroatoms. The molecule has 0 spiro atoms. The molecule has 15 heavy (non-hydrogen) atoms. The van der Waals surface area contributed by atoms with Gasteiger partial charge >= 0.3 is 5.97 Å². The largest absolute Gasteiger partial charge is 0.466 e. The highest BCUT2D eigenvalue weighted by Gasteiger charge is 2.54. The van der Waals surface area contributed by atoms with Crippen molar-refractivity contribution in [2.24, 2.45) is 17.8 Å². The molecule has 3 aliphatic rings. The van der Waals surface area contributed by atoms with E-state index in [1.165, 1.54) is 0 Å². The van der Waals surface area contributed by atoms with Gasteiger partial charge < -0.3 is 4.74 Å². The fraction of sp³-hybridized carbons (Fsp3) is 0.909. The fourth-order valence-electron chi connectivity index (χ4n) is 2.92. The van der Waals surface area contributed by atoms with E-state index < -0.39 is 11.8 Å². The molecule has 2 bridgehead atoms. The summed E-state index contributed by atoms with van der Waals surface area (Å²) in [5.41, 5.74) is 0. The summed E-state index contributed by atoms with van der Waals surface area (Å²) in [6.07, 6.45) is 1.51. The maximum Gasteiger partial charge on any atom is 0.309 e. The predicted octanol–water partition coefficient (Wildman–Crippen LogP) is 2.62. The van der Waals surface area contributed by atoms with Crippen LogP contribution in [0.4, 0.5) is 8.78 Å². The van der Waals surface area contributed by atoms with Gasteiger partial charge in [0.2, 0.25) is 0 Å². The number of halogens is 2.